The highest BCUT2D eigenvalue weighted by molar-refractivity contribution is 7.73. The summed E-state index contributed by atoms with van der Waals surface area (Å²) in [6, 6.07) is 0. The number of rotatable bonds is 8. The molecule has 1 heterocycles. The molecule has 0 unspecified atom stereocenters. The number of carbonyl (C=O) groups is 1. The van der Waals surface area contributed by atoms with Gasteiger partial charge in [0.15, 0.2) is 3.95 Å². The second kappa shape index (κ2) is 8.06. The van der Waals surface area contributed by atoms with Crippen molar-refractivity contribution in [2.45, 2.75) is 39.2 Å². The number of unbranched alkanes of at least 4 members (excludes halogenated alkanes) is 3. The molecular weight excluding hydrogens is 284 g/mol. The number of hydrogen-bond acceptors (Lipinski definition) is 5. The van der Waals surface area contributed by atoms with Gasteiger partial charge in [-0.25, -0.2) is 0 Å². The molecule has 0 amide bonds. The van der Waals surface area contributed by atoms with E-state index in [1.165, 1.54) is 28.7 Å². The first-order chi connectivity index (χ1) is 9.06. The van der Waals surface area contributed by atoms with Crippen LogP contribution >= 0.6 is 23.6 Å². The van der Waals surface area contributed by atoms with Crippen LogP contribution in [-0.4, -0.2) is 33.5 Å². The first kappa shape index (κ1) is 15.8. The van der Waals surface area contributed by atoms with E-state index in [0.717, 1.165) is 12.8 Å². The van der Waals surface area contributed by atoms with Crippen LogP contribution in [0.3, 0.4) is 0 Å². The zero-order valence-corrected chi connectivity index (χ0v) is 12.5. The predicted octanol–water partition coefficient (Wildman–Crippen LogP) is 3.07. The molecular formula is C12H18N2O3S2. The highest BCUT2D eigenvalue weighted by atomic mass is 32.1. The summed E-state index contributed by atoms with van der Waals surface area (Å²) in [5.74, 6) is -1.15. The summed E-state index contributed by atoms with van der Waals surface area (Å²) in [6.07, 6.45) is 6.13. The lowest BCUT2D eigenvalue weighted by Gasteiger charge is -1.99. The third-order valence-corrected chi connectivity index (χ3v) is 3.91. The normalized spacial score (nSPS) is 11.2. The van der Waals surface area contributed by atoms with Crippen molar-refractivity contribution in [3.8, 4) is 5.88 Å². The highest BCUT2D eigenvalue weighted by Gasteiger charge is 2.12. The van der Waals surface area contributed by atoms with Crippen molar-refractivity contribution in [1.82, 2.24) is 4.57 Å². The number of thiazole rings is 1. The van der Waals surface area contributed by atoms with Crippen LogP contribution in [0.15, 0.2) is 4.99 Å². The van der Waals surface area contributed by atoms with E-state index in [0.29, 0.717) is 15.4 Å². The van der Waals surface area contributed by atoms with Crippen LogP contribution in [-0.2, 0) is 11.3 Å². The number of nitrogens with zero attached hydrogens (tertiary/aromatic N) is 2. The van der Waals surface area contributed by atoms with Gasteiger partial charge in [0.2, 0.25) is 5.88 Å². The molecule has 0 spiro atoms. The van der Waals surface area contributed by atoms with E-state index < -0.39 is 5.97 Å². The maximum atomic E-state index is 10.6. The summed E-state index contributed by atoms with van der Waals surface area (Å²) >= 11 is 6.18. The highest BCUT2D eigenvalue weighted by Crippen LogP contribution is 2.24. The Hall–Kier alpha value is -1.21. The number of aliphatic imine (C=N–C) groups is 1. The van der Waals surface area contributed by atoms with Crippen LogP contribution in [0.4, 0.5) is 0 Å². The zero-order valence-electron chi connectivity index (χ0n) is 10.8. The van der Waals surface area contributed by atoms with Crippen molar-refractivity contribution in [2.24, 2.45) is 4.99 Å². The fraction of sp³-hybridized carbons (Fsp3) is 0.583. The van der Waals surface area contributed by atoms with Gasteiger partial charge in [-0.3, -0.25) is 14.4 Å². The number of carboxylic acids is 1. The van der Waals surface area contributed by atoms with Crippen LogP contribution in [0, 0.1) is 3.95 Å². The minimum absolute atomic E-state index is 0.116. The molecule has 0 saturated carbocycles. The van der Waals surface area contributed by atoms with Gasteiger partial charge in [-0.05, 0) is 18.6 Å². The molecule has 0 bridgehead atoms. The summed E-state index contributed by atoms with van der Waals surface area (Å²) in [4.78, 5) is 15.4. The van der Waals surface area contributed by atoms with E-state index in [1.54, 1.807) is 6.21 Å². The molecule has 0 aliphatic heterocycles. The van der Waals surface area contributed by atoms with Crippen LogP contribution in [0.25, 0.3) is 0 Å². The third kappa shape index (κ3) is 5.12. The number of aliphatic carboxylic acids is 1. The number of aromatic hydroxyl groups is 1. The molecule has 0 radical (unpaired) electrons. The van der Waals surface area contributed by atoms with Crippen molar-refractivity contribution in [3.63, 3.8) is 0 Å². The summed E-state index contributed by atoms with van der Waals surface area (Å²) < 4.78 is 1.54. The first-order valence-corrected chi connectivity index (χ1v) is 7.43. The standard InChI is InChI=1S/C12H18N2O3S2/c1-2-3-4-5-6-13-7-9-11(17)14(8-10(15)16)12(18)19-9/h7,17H,2-6,8H2,1H3,(H,15,16). The molecule has 0 saturated heterocycles. The SMILES string of the molecule is CCCCCCN=Cc1sc(=S)n(CC(=O)O)c1O. The number of hydrogen-bond donors (Lipinski definition) is 2. The van der Waals surface area contributed by atoms with Gasteiger partial charge in [0.05, 0.1) is 0 Å². The number of carboxylic acid groups (broad SMARTS) is 1. The topological polar surface area (TPSA) is 74.8 Å². The fourth-order valence-electron chi connectivity index (χ4n) is 1.55. The number of aromatic nitrogens is 1. The maximum absolute atomic E-state index is 10.6. The minimum atomic E-state index is -1.03. The molecule has 7 heteroatoms. The maximum Gasteiger partial charge on any atom is 0.323 e. The molecule has 1 aromatic heterocycles. The molecule has 5 nitrogen and oxygen atoms in total. The van der Waals surface area contributed by atoms with Crippen molar-refractivity contribution in [2.75, 3.05) is 6.54 Å². The molecule has 1 aromatic rings. The smallest absolute Gasteiger partial charge is 0.323 e. The van der Waals surface area contributed by atoms with Crippen LogP contribution in [0.1, 0.15) is 37.5 Å². The fourth-order valence-corrected chi connectivity index (χ4v) is 2.75. The van der Waals surface area contributed by atoms with Gasteiger partial charge in [-0.15, -0.1) is 0 Å². The Morgan fingerprint density at radius 3 is 2.84 bits per heavy atom. The van der Waals surface area contributed by atoms with Crippen LogP contribution in [0.5, 0.6) is 5.88 Å². The van der Waals surface area contributed by atoms with Crippen molar-refractivity contribution < 1.29 is 15.0 Å². The van der Waals surface area contributed by atoms with E-state index in [4.69, 9.17) is 17.3 Å². The Morgan fingerprint density at radius 2 is 2.21 bits per heavy atom. The van der Waals surface area contributed by atoms with E-state index in [9.17, 15) is 9.90 Å². The monoisotopic (exact) mass is 302 g/mol. The van der Waals surface area contributed by atoms with E-state index >= 15 is 0 Å². The second-order valence-corrected chi connectivity index (χ2v) is 5.81. The lowest BCUT2D eigenvalue weighted by Crippen LogP contribution is -2.08. The third-order valence-electron chi connectivity index (χ3n) is 2.54. The Balaban J connectivity index is 2.62. The predicted molar refractivity (Wildman–Crippen MR) is 79.0 cm³/mol. The average molecular weight is 302 g/mol. The van der Waals surface area contributed by atoms with Gasteiger partial charge in [0, 0.05) is 12.8 Å². The van der Waals surface area contributed by atoms with Crippen molar-refractivity contribution in [3.05, 3.63) is 8.83 Å². The molecule has 1 rings (SSSR count). The van der Waals surface area contributed by atoms with E-state index in [2.05, 4.69) is 11.9 Å². The molecule has 19 heavy (non-hydrogen) atoms. The van der Waals surface area contributed by atoms with E-state index in [1.807, 2.05) is 0 Å². The second-order valence-electron chi connectivity index (χ2n) is 4.13. The molecule has 0 aliphatic rings. The van der Waals surface area contributed by atoms with Gasteiger partial charge in [0.1, 0.15) is 11.4 Å². The molecule has 0 atom stereocenters. The molecule has 0 aliphatic carbocycles. The average Bonchev–Trinajstić information content (AvgIpc) is 2.61. The lowest BCUT2D eigenvalue weighted by molar-refractivity contribution is -0.137. The van der Waals surface area contributed by atoms with Gasteiger partial charge in [-0.1, -0.05) is 37.5 Å². The van der Waals surface area contributed by atoms with Gasteiger partial charge in [-0.2, -0.15) is 0 Å². The molecule has 0 fully saturated rings. The largest absolute Gasteiger partial charge is 0.493 e. The summed E-state index contributed by atoms with van der Waals surface area (Å²) in [5, 5.41) is 18.6. The Morgan fingerprint density at radius 1 is 1.47 bits per heavy atom. The van der Waals surface area contributed by atoms with Crippen LogP contribution < -0.4 is 0 Å². The summed E-state index contributed by atoms with van der Waals surface area (Å²) in [6.45, 7) is 2.54. The molecule has 0 aromatic carbocycles. The molecule has 106 valence electrons. The van der Waals surface area contributed by atoms with Crippen molar-refractivity contribution >= 4 is 35.7 Å². The Labute approximate surface area is 121 Å². The Kier molecular flexibility index (Phi) is 6.72. The van der Waals surface area contributed by atoms with E-state index in [-0.39, 0.29) is 12.4 Å². The molecule has 2 N–H and O–H groups in total. The summed E-state index contributed by atoms with van der Waals surface area (Å²) in [7, 11) is 0. The van der Waals surface area contributed by atoms with Gasteiger partial charge >= 0.3 is 5.97 Å². The first-order valence-electron chi connectivity index (χ1n) is 6.20. The lowest BCUT2D eigenvalue weighted by atomic mass is 10.2. The van der Waals surface area contributed by atoms with Crippen molar-refractivity contribution in [1.29, 1.82) is 0 Å². The Bertz CT molecular complexity index is 506. The van der Waals surface area contributed by atoms with Crippen LogP contribution in [0.2, 0.25) is 0 Å². The van der Waals surface area contributed by atoms with Gasteiger partial charge < -0.3 is 10.2 Å². The van der Waals surface area contributed by atoms with Gasteiger partial charge in [0.25, 0.3) is 0 Å². The zero-order chi connectivity index (χ0) is 14.3. The minimum Gasteiger partial charge on any atom is -0.493 e. The quantitative estimate of drug-likeness (QED) is 0.439. The summed E-state index contributed by atoms with van der Waals surface area (Å²) in [5.41, 5.74) is 0.